The summed E-state index contributed by atoms with van der Waals surface area (Å²) < 4.78 is 27.4. The van der Waals surface area contributed by atoms with Crippen molar-refractivity contribution in [3.05, 3.63) is 29.3 Å². The van der Waals surface area contributed by atoms with Gasteiger partial charge >= 0.3 is 5.97 Å². The minimum atomic E-state index is -3.01. The number of amides is 1. The maximum atomic E-state index is 11.6. The summed E-state index contributed by atoms with van der Waals surface area (Å²) in [4.78, 5) is 23.2. The van der Waals surface area contributed by atoms with Gasteiger partial charge in [-0.2, -0.15) is 0 Å². The van der Waals surface area contributed by atoms with Crippen molar-refractivity contribution in [3.8, 4) is 0 Å². The van der Waals surface area contributed by atoms with Crippen molar-refractivity contribution in [1.82, 2.24) is 0 Å². The minimum Gasteiger partial charge on any atom is -0.456 e. The molecule has 0 unspecified atom stereocenters. The second-order valence-corrected chi connectivity index (χ2v) is 7.85. The molecule has 1 aromatic rings. The number of hydrogen-bond acceptors (Lipinski definition) is 5. The van der Waals surface area contributed by atoms with Crippen LogP contribution in [0.2, 0.25) is 5.02 Å². The van der Waals surface area contributed by atoms with Crippen LogP contribution in [0.3, 0.4) is 0 Å². The van der Waals surface area contributed by atoms with Crippen molar-refractivity contribution in [1.29, 1.82) is 0 Å². The summed E-state index contributed by atoms with van der Waals surface area (Å²) in [7, 11) is -3.01. The number of carbonyl (C=O) groups is 2. The summed E-state index contributed by atoms with van der Waals surface area (Å²) in [5.74, 6) is -1.11. The fraction of sp³-hybridized carbons (Fsp3) is 0.429. The second kappa shape index (κ2) is 7.11. The molecule has 120 valence electrons. The number of esters is 1. The van der Waals surface area contributed by atoms with E-state index in [2.05, 4.69) is 5.32 Å². The zero-order valence-corrected chi connectivity index (χ0v) is 13.3. The highest BCUT2D eigenvalue weighted by molar-refractivity contribution is 7.91. The predicted octanol–water partition coefficient (Wildman–Crippen LogP) is 1.65. The van der Waals surface area contributed by atoms with E-state index in [-0.39, 0.29) is 23.8 Å². The Morgan fingerprint density at radius 3 is 2.55 bits per heavy atom. The van der Waals surface area contributed by atoms with Gasteiger partial charge in [-0.05, 0) is 36.6 Å². The first kappa shape index (κ1) is 16.8. The molecule has 0 saturated carbocycles. The minimum absolute atomic E-state index is 0.0130. The van der Waals surface area contributed by atoms with Gasteiger partial charge in [-0.1, -0.05) is 11.6 Å². The van der Waals surface area contributed by atoms with Gasteiger partial charge in [0, 0.05) is 17.1 Å². The number of halogens is 1. The van der Waals surface area contributed by atoms with E-state index in [4.69, 9.17) is 16.3 Å². The molecular formula is C14H16ClNO5S. The van der Waals surface area contributed by atoms with Gasteiger partial charge in [-0.25, -0.2) is 8.42 Å². The molecule has 1 saturated heterocycles. The van der Waals surface area contributed by atoms with Crippen LogP contribution in [0.1, 0.15) is 12.8 Å². The molecule has 1 amide bonds. The third kappa shape index (κ3) is 5.31. The average Bonchev–Trinajstić information content (AvgIpc) is 2.78. The average molecular weight is 346 g/mol. The highest BCUT2D eigenvalue weighted by atomic mass is 35.5. The number of rotatable bonds is 5. The number of nitrogens with one attached hydrogen (secondary N) is 1. The summed E-state index contributed by atoms with van der Waals surface area (Å²) in [6, 6.07) is 6.52. The fourth-order valence-corrected chi connectivity index (χ4v) is 4.19. The van der Waals surface area contributed by atoms with E-state index in [9.17, 15) is 18.0 Å². The molecule has 1 atom stereocenters. The Bertz CT molecular complexity index is 656. The zero-order chi connectivity index (χ0) is 16.2. The van der Waals surface area contributed by atoms with Gasteiger partial charge in [0.25, 0.3) is 5.91 Å². The Labute approximate surface area is 133 Å². The summed E-state index contributed by atoms with van der Waals surface area (Å²) in [5.41, 5.74) is 0.548. The van der Waals surface area contributed by atoms with Crippen molar-refractivity contribution in [2.24, 2.45) is 5.92 Å². The fourth-order valence-electron chi connectivity index (χ4n) is 2.20. The summed E-state index contributed by atoms with van der Waals surface area (Å²) in [6.45, 7) is -0.402. The smallest absolute Gasteiger partial charge is 0.306 e. The number of ether oxygens (including phenoxy) is 1. The van der Waals surface area contributed by atoms with E-state index >= 15 is 0 Å². The number of carbonyl (C=O) groups excluding carboxylic acids is 2. The molecule has 1 N–H and O–H groups in total. The summed E-state index contributed by atoms with van der Waals surface area (Å²) in [5, 5.41) is 3.11. The molecule has 1 aromatic carbocycles. The normalized spacial score (nSPS) is 19.6. The number of hydrogen-bond donors (Lipinski definition) is 1. The highest BCUT2D eigenvalue weighted by Gasteiger charge is 2.29. The summed E-state index contributed by atoms with van der Waals surface area (Å²) in [6.07, 6.45) is 0.488. The van der Waals surface area contributed by atoms with Crippen LogP contribution in [-0.2, 0) is 24.2 Å². The first-order valence-corrected chi connectivity index (χ1v) is 8.95. The molecule has 0 spiro atoms. The van der Waals surface area contributed by atoms with Crippen molar-refractivity contribution in [3.63, 3.8) is 0 Å². The molecule has 0 aliphatic carbocycles. The Morgan fingerprint density at radius 1 is 1.27 bits per heavy atom. The molecule has 1 fully saturated rings. The zero-order valence-electron chi connectivity index (χ0n) is 11.7. The first-order chi connectivity index (χ1) is 10.3. The Hall–Kier alpha value is -1.60. The molecule has 0 aromatic heterocycles. The maximum absolute atomic E-state index is 11.6. The third-order valence-electron chi connectivity index (χ3n) is 3.27. The molecule has 1 heterocycles. The highest BCUT2D eigenvalue weighted by Crippen LogP contribution is 2.21. The van der Waals surface area contributed by atoms with Crippen molar-refractivity contribution in [2.45, 2.75) is 12.8 Å². The number of benzene rings is 1. The Balaban J connectivity index is 1.72. The standard InChI is InChI=1S/C14H16ClNO5S/c15-11-1-3-12(4-2-11)16-13(17)8-21-14(18)7-10-5-6-22(19,20)9-10/h1-4,10H,5-9H2,(H,16,17)/t10-/m1/s1. The Morgan fingerprint density at radius 2 is 1.95 bits per heavy atom. The van der Waals surface area contributed by atoms with Gasteiger partial charge in [-0.15, -0.1) is 0 Å². The molecule has 6 nitrogen and oxygen atoms in total. The van der Waals surface area contributed by atoms with E-state index < -0.39 is 28.3 Å². The predicted molar refractivity (Wildman–Crippen MR) is 82.4 cm³/mol. The number of sulfone groups is 1. The van der Waals surface area contributed by atoms with Gasteiger partial charge in [0.15, 0.2) is 16.4 Å². The van der Waals surface area contributed by atoms with E-state index in [1.165, 1.54) is 0 Å². The van der Waals surface area contributed by atoms with Crippen LogP contribution in [0.5, 0.6) is 0 Å². The SMILES string of the molecule is O=C(COC(=O)C[C@H]1CCS(=O)(=O)C1)Nc1ccc(Cl)cc1. The Kier molecular flexibility index (Phi) is 5.42. The largest absolute Gasteiger partial charge is 0.456 e. The lowest BCUT2D eigenvalue weighted by Gasteiger charge is -2.09. The van der Waals surface area contributed by atoms with Crippen molar-refractivity contribution in [2.75, 3.05) is 23.4 Å². The molecule has 2 rings (SSSR count). The van der Waals surface area contributed by atoms with Crippen LogP contribution < -0.4 is 5.32 Å². The molecule has 0 bridgehead atoms. The van der Waals surface area contributed by atoms with Gasteiger partial charge in [0.1, 0.15) is 0 Å². The molecule has 8 heteroatoms. The monoisotopic (exact) mass is 345 g/mol. The van der Waals surface area contributed by atoms with E-state index in [1.807, 2.05) is 0 Å². The summed E-state index contributed by atoms with van der Waals surface area (Å²) >= 11 is 5.73. The van der Waals surface area contributed by atoms with Crippen LogP contribution in [0, 0.1) is 5.92 Å². The quantitative estimate of drug-likeness (QED) is 0.819. The van der Waals surface area contributed by atoms with Crippen molar-refractivity contribution >= 4 is 39.0 Å². The second-order valence-electron chi connectivity index (χ2n) is 5.19. The lowest BCUT2D eigenvalue weighted by Crippen LogP contribution is -2.22. The third-order valence-corrected chi connectivity index (χ3v) is 5.36. The van der Waals surface area contributed by atoms with Crippen LogP contribution in [-0.4, -0.2) is 38.4 Å². The maximum Gasteiger partial charge on any atom is 0.306 e. The molecular weight excluding hydrogens is 330 g/mol. The lowest BCUT2D eigenvalue weighted by molar-refractivity contribution is -0.148. The number of anilines is 1. The van der Waals surface area contributed by atoms with Gasteiger partial charge in [0.05, 0.1) is 11.5 Å². The van der Waals surface area contributed by atoms with Crippen LogP contribution in [0.4, 0.5) is 5.69 Å². The van der Waals surface area contributed by atoms with E-state index in [0.29, 0.717) is 17.1 Å². The lowest BCUT2D eigenvalue weighted by atomic mass is 10.1. The van der Waals surface area contributed by atoms with Crippen molar-refractivity contribution < 1.29 is 22.7 Å². The first-order valence-electron chi connectivity index (χ1n) is 6.75. The van der Waals surface area contributed by atoms with Crippen LogP contribution >= 0.6 is 11.6 Å². The van der Waals surface area contributed by atoms with Gasteiger partial charge in [0.2, 0.25) is 0 Å². The van der Waals surface area contributed by atoms with E-state index in [0.717, 1.165) is 0 Å². The van der Waals surface area contributed by atoms with Crippen LogP contribution in [0.15, 0.2) is 24.3 Å². The van der Waals surface area contributed by atoms with E-state index in [1.54, 1.807) is 24.3 Å². The molecule has 1 aliphatic rings. The van der Waals surface area contributed by atoms with Crippen LogP contribution in [0.25, 0.3) is 0 Å². The van der Waals surface area contributed by atoms with Gasteiger partial charge in [-0.3, -0.25) is 9.59 Å². The molecule has 22 heavy (non-hydrogen) atoms. The topological polar surface area (TPSA) is 89.5 Å². The molecule has 0 radical (unpaired) electrons. The van der Waals surface area contributed by atoms with Gasteiger partial charge < -0.3 is 10.1 Å². The molecule has 1 aliphatic heterocycles.